The van der Waals surface area contributed by atoms with Crippen LogP contribution in [0.1, 0.15) is 25.6 Å². The van der Waals surface area contributed by atoms with E-state index in [-0.39, 0.29) is 11.8 Å². The molecule has 1 aromatic carbocycles. The summed E-state index contributed by atoms with van der Waals surface area (Å²) in [6.07, 6.45) is 3.77. The van der Waals surface area contributed by atoms with E-state index in [0.29, 0.717) is 17.7 Å². The summed E-state index contributed by atoms with van der Waals surface area (Å²) in [5, 5.41) is 1.99. The lowest BCUT2D eigenvalue weighted by Gasteiger charge is -2.10. The maximum absolute atomic E-state index is 12.1. The second-order valence-electron chi connectivity index (χ2n) is 4.18. The number of thiophene rings is 1. The van der Waals surface area contributed by atoms with Gasteiger partial charge in [0.2, 0.25) is 0 Å². The van der Waals surface area contributed by atoms with Crippen LogP contribution < -0.4 is 0 Å². The fraction of sp³-hybridized carbons (Fsp3) is 0.0667. The second kappa shape index (κ2) is 4.82. The van der Waals surface area contributed by atoms with Gasteiger partial charge in [-0.1, -0.05) is 24.3 Å². The maximum Gasteiger partial charge on any atom is 0.261 e. The number of nitrogens with zero attached hydrogens (tertiary/aromatic N) is 1. The summed E-state index contributed by atoms with van der Waals surface area (Å²) in [4.78, 5) is 26.5. The van der Waals surface area contributed by atoms with Gasteiger partial charge in [-0.3, -0.25) is 14.5 Å². The molecule has 2 amide bonds. The summed E-state index contributed by atoms with van der Waals surface area (Å²) in [6, 6.07) is 10.9. The lowest BCUT2D eigenvalue weighted by atomic mass is 10.1. The molecule has 2 aromatic rings. The van der Waals surface area contributed by atoms with E-state index in [9.17, 15) is 9.59 Å². The highest BCUT2D eigenvalue weighted by Gasteiger charge is 2.33. The largest absolute Gasteiger partial charge is 0.270 e. The first kappa shape index (κ1) is 11.9. The summed E-state index contributed by atoms with van der Waals surface area (Å²) in [7, 11) is 0. The molecule has 0 radical (unpaired) electrons. The Labute approximate surface area is 114 Å². The summed E-state index contributed by atoms with van der Waals surface area (Å²) in [6.45, 7) is 0.310. The SMILES string of the molecule is O=C1c2ccccc2C(=O)N1C/C=C/c1cccs1. The van der Waals surface area contributed by atoms with Crippen LogP contribution in [-0.2, 0) is 0 Å². The molecular weight excluding hydrogens is 258 g/mol. The molecule has 0 aliphatic carbocycles. The first-order valence-electron chi connectivity index (χ1n) is 5.92. The molecule has 4 heteroatoms. The number of hydrogen-bond acceptors (Lipinski definition) is 3. The van der Waals surface area contributed by atoms with Crippen molar-refractivity contribution in [3.05, 3.63) is 63.9 Å². The minimum atomic E-state index is -0.212. The van der Waals surface area contributed by atoms with Crippen LogP contribution in [0, 0.1) is 0 Å². The Kier molecular flexibility index (Phi) is 3.01. The lowest BCUT2D eigenvalue weighted by Crippen LogP contribution is -2.29. The number of carbonyl (C=O) groups excluding carboxylic acids is 2. The van der Waals surface area contributed by atoms with Gasteiger partial charge in [0.1, 0.15) is 0 Å². The molecule has 0 atom stereocenters. The number of benzene rings is 1. The zero-order valence-corrected chi connectivity index (χ0v) is 10.9. The van der Waals surface area contributed by atoms with Crippen LogP contribution in [0.15, 0.2) is 47.9 Å². The maximum atomic E-state index is 12.1. The summed E-state index contributed by atoms with van der Waals surface area (Å²) in [5.41, 5.74) is 0.994. The van der Waals surface area contributed by atoms with Gasteiger partial charge in [-0.05, 0) is 29.7 Å². The van der Waals surface area contributed by atoms with E-state index < -0.39 is 0 Å². The number of rotatable bonds is 3. The van der Waals surface area contributed by atoms with Crippen LogP contribution in [0.25, 0.3) is 6.08 Å². The van der Waals surface area contributed by atoms with Crippen molar-refractivity contribution in [1.82, 2.24) is 4.90 Å². The highest BCUT2D eigenvalue weighted by molar-refractivity contribution is 7.10. The van der Waals surface area contributed by atoms with Crippen LogP contribution >= 0.6 is 11.3 Å². The van der Waals surface area contributed by atoms with Crippen molar-refractivity contribution in [3.8, 4) is 0 Å². The topological polar surface area (TPSA) is 37.4 Å². The Morgan fingerprint density at radius 2 is 1.68 bits per heavy atom. The molecule has 19 heavy (non-hydrogen) atoms. The average molecular weight is 269 g/mol. The van der Waals surface area contributed by atoms with Gasteiger partial charge in [0.15, 0.2) is 0 Å². The third-order valence-electron chi connectivity index (χ3n) is 2.99. The quantitative estimate of drug-likeness (QED) is 0.803. The third kappa shape index (κ3) is 2.11. The molecule has 1 aliphatic heterocycles. The van der Waals surface area contributed by atoms with Crippen molar-refractivity contribution in [1.29, 1.82) is 0 Å². The van der Waals surface area contributed by atoms with Crippen molar-refractivity contribution in [2.24, 2.45) is 0 Å². The van der Waals surface area contributed by atoms with Crippen LogP contribution in [0.5, 0.6) is 0 Å². The average Bonchev–Trinajstić information content (AvgIpc) is 3.02. The minimum absolute atomic E-state index is 0.212. The van der Waals surface area contributed by atoms with E-state index in [1.54, 1.807) is 35.6 Å². The van der Waals surface area contributed by atoms with Crippen molar-refractivity contribution >= 4 is 29.2 Å². The second-order valence-corrected chi connectivity index (χ2v) is 5.16. The molecule has 2 heterocycles. The molecule has 0 N–H and O–H groups in total. The Balaban J connectivity index is 1.77. The van der Waals surface area contributed by atoms with E-state index in [0.717, 1.165) is 4.88 Å². The minimum Gasteiger partial charge on any atom is -0.270 e. The van der Waals surface area contributed by atoms with Crippen molar-refractivity contribution < 1.29 is 9.59 Å². The Hall–Kier alpha value is -2.20. The van der Waals surface area contributed by atoms with Gasteiger partial charge in [0.25, 0.3) is 11.8 Å². The van der Waals surface area contributed by atoms with Crippen molar-refractivity contribution in [3.63, 3.8) is 0 Å². The molecule has 0 saturated carbocycles. The van der Waals surface area contributed by atoms with Gasteiger partial charge in [-0.2, -0.15) is 0 Å². The molecule has 0 spiro atoms. The van der Waals surface area contributed by atoms with E-state index in [2.05, 4.69) is 0 Å². The van der Waals surface area contributed by atoms with Gasteiger partial charge in [0, 0.05) is 11.4 Å². The Bertz CT molecular complexity index is 624. The van der Waals surface area contributed by atoms with E-state index >= 15 is 0 Å². The first-order chi connectivity index (χ1) is 9.27. The molecule has 94 valence electrons. The highest BCUT2D eigenvalue weighted by atomic mass is 32.1. The number of amides is 2. The van der Waals surface area contributed by atoms with E-state index in [1.807, 2.05) is 29.7 Å². The van der Waals surface area contributed by atoms with Gasteiger partial charge >= 0.3 is 0 Å². The Morgan fingerprint density at radius 1 is 1.00 bits per heavy atom. The molecular formula is C15H11NO2S. The smallest absolute Gasteiger partial charge is 0.261 e. The van der Waals surface area contributed by atoms with Crippen LogP contribution in [0.2, 0.25) is 0 Å². The lowest BCUT2D eigenvalue weighted by molar-refractivity contribution is 0.0672. The van der Waals surface area contributed by atoms with Crippen molar-refractivity contribution in [2.45, 2.75) is 0 Å². The van der Waals surface area contributed by atoms with Gasteiger partial charge in [-0.25, -0.2) is 0 Å². The number of imide groups is 1. The molecule has 3 nitrogen and oxygen atoms in total. The standard InChI is InChI=1S/C15H11NO2S/c17-14-12-7-1-2-8-13(12)15(18)16(14)9-3-5-11-6-4-10-19-11/h1-8,10H,9H2/b5-3+. The third-order valence-corrected chi connectivity index (χ3v) is 3.83. The monoisotopic (exact) mass is 269 g/mol. The zero-order chi connectivity index (χ0) is 13.2. The highest BCUT2D eigenvalue weighted by Crippen LogP contribution is 2.22. The van der Waals surface area contributed by atoms with Gasteiger partial charge in [0.05, 0.1) is 11.1 Å². The molecule has 0 bridgehead atoms. The summed E-state index contributed by atoms with van der Waals surface area (Å²) in [5.74, 6) is -0.423. The number of hydrogen-bond donors (Lipinski definition) is 0. The van der Waals surface area contributed by atoms with Crippen LogP contribution in [-0.4, -0.2) is 23.3 Å². The summed E-state index contributed by atoms with van der Waals surface area (Å²) < 4.78 is 0. The van der Waals surface area contributed by atoms with Crippen LogP contribution in [0.4, 0.5) is 0 Å². The van der Waals surface area contributed by atoms with E-state index in [4.69, 9.17) is 0 Å². The predicted octanol–water partition coefficient (Wildman–Crippen LogP) is 3.06. The Morgan fingerprint density at radius 3 is 2.26 bits per heavy atom. The molecule has 1 aromatic heterocycles. The van der Waals surface area contributed by atoms with E-state index in [1.165, 1.54) is 4.90 Å². The molecule has 1 aliphatic rings. The van der Waals surface area contributed by atoms with Crippen LogP contribution in [0.3, 0.4) is 0 Å². The normalized spacial score (nSPS) is 14.4. The van der Waals surface area contributed by atoms with Gasteiger partial charge in [-0.15, -0.1) is 11.3 Å². The first-order valence-corrected chi connectivity index (χ1v) is 6.80. The molecule has 0 unspecified atom stereocenters. The molecule has 3 rings (SSSR count). The number of carbonyl (C=O) groups is 2. The zero-order valence-electron chi connectivity index (χ0n) is 10.1. The fourth-order valence-corrected chi connectivity index (χ4v) is 2.71. The summed E-state index contributed by atoms with van der Waals surface area (Å²) >= 11 is 1.62. The van der Waals surface area contributed by atoms with Crippen molar-refractivity contribution in [2.75, 3.05) is 6.54 Å². The molecule has 0 saturated heterocycles. The van der Waals surface area contributed by atoms with Gasteiger partial charge < -0.3 is 0 Å². The fourth-order valence-electron chi connectivity index (χ4n) is 2.07. The predicted molar refractivity (Wildman–Crippen MR) is 75.2 cm³/mol. The number of fused-ring (bicyclic) bond motifs is 1. The molecule has 0 fully saturated rings.